The maximum absolute atomic E-state index is 5.86. The van der Waals surface area contributed by atoms with Gasteiger partial charge in [-0.2, -0.15) is 0 Å². The van der Waals surface area contributed by atoms with Crippen molar-refractivity contribution in [3.63, 3.8) is 0 Å². The molecule has 4 atom stereocenters. The summed E-state index contributed by atoms with van der Waals surface area (Å²) in [5.74, 6) is 1.97. The highest BCUT2D eigenvalue weighted by Crippen LogP contribution is 2.69. The molecule has 0 N–H and O–H groups in total. The molecule has 74 valence electrons. The molecular weight excluding hydrogens is 263 g/mol. The quantitative estimate of drug-likeness (QED) is 0.367. The SMILES string of the molecule is ClC(Cl)=S1SC2C3CCC(C3)C2S1. The van der Waals surface area contributed by atoms with Crippen LogP contribution in [0.2, 0.25) is 0 Å². The van der Waals surface area contributed by atoms with Crippen LogP contribution in [-0.2, 0) is 0 Å². The molecule has 2 aliphatic carbocycles. The molecule has 0 aromatic carbocycles. The topological polar surface area (TPSA) is 0 Å². The molecule has 0 aromatic rings. The lowest BCUT2D eigenvalue weighted by Crippen LogP contribution is -2.22. The molecule has 0 amide bonds. The van der Waals surface area contributed by atoms with E-state index in [1.54, 1.807) is 0 Å². The van der Waals surface area contributed by atoms with E-state index in [9.17, 15) is 0 Å². The van der Waals surface area contributed by atoms with E-state index in [4.69, 9.17) is 23.2 Å². The predicted octanol–water partition coefficient (Wildman–Crippen LogP) is 4.30. The first-order valence-electron chi connectivity index (χ1n) is 4.52. The maximum atomic E-state index is 5.86. The van der Waals surface area contributed by atoms with Gasteiger partial charge >= 0.3 is 0 Å². The zero-order chi connectivity index (χ0) is 9.00. The Bertz CT molecular complexity index is 255. The van der Waals surface area contributed by atoms with Crippen LogP contribution in [0.5, 0.6) is 0 Å². The summed E-state index contributed by atoms with van der Waals surface area (Å²) in [6.07, 6.45) is 4.39. The van der Waals surface area contributed by atoms with Crippen molar-refractivity contribution in [2.45, 2.75) is 29.8 Å². The minimum absolute atomic E-state index is 0.0917. The van der Waals surface area contributed by atoms with Gasteiger partial charge in [-0.1, -0.05) is 44.8 Å². The zero-order valence-electron chi connectivity index (χ0n) is 6.91. The van der Waals surface area contributed by atoms with Crippen molar-refractivity contribution in [2.75, 3.05) is 0 Å². The van der Waals surface area contributed by atoms with E-state index < -0.39 is 0 Å². The Kier molecular flexibility index (Phi) is 2.62. The van der Waals surface area contributed by atoms with Crippen molar-refractivity contribution in [3.8, 4) is 0 Å². The number of halogens is 2. The highest BCUT2D eigenvalue weighted by molar-refractivity contribution is 9.17. The largest absolute Gasteiger partial charge is 0.150 e. The fourth-order valence-electron chi connectivity index (χ4n) is 2.75. The minimum atomic E-state index is 0.0917. The van der Waals surface area contributed by atoms with Crippen molar-refractivity contribution in [2.24, 2.45) is 11.8 Å². The smallest absolute Gasteiger partial charge is 0.0826 e. The minimum Gasteiger partial charge on any atom is -0.0826 e. The second-order valence-corrected chi connectivity index (χ2v) is 11.5. The highest BCUT2D eigenvalue weighted by atomic mass is 35.5. The predicted molar refractivity (Wildman–Crippen MR) is 67.9 cm³/mol. The molecule has 2 bridgehead atoms. The van der Waals surface area contributed by atoms with Crippen molar-refractivity contribution in [1.29, 1.82) is 0 Å². The molecule has 0 nitrogen and oxygen atoms in total. The van der Waals surface area contributed by atoms with Crippen LogP contribution in [0.1, 0.15) is 19.3 Å². The Morgan fingerprint density at radius 1 is 1.08 bits per heavy atom. The molecule has 1 aliphatic heterocycles. The summed E-state index contributed by atoms with van der Waals surface area (Å²) in [5.41, 5.74) is 0. The summed E-state index contributed by atoms with van der Waals surface area (Å²) in [6, 6.07) is 0. The van der Waals surface area contributed by atoms with Gasteiger partial charge in [0.2, 0.25) is 0 Å². The van der Waals surface area contributed by atoms with Crippen molar-refractivity contribution >= 4 is 57.1 Å². The average Bonchev–Trinajstić information content (AvgIpc) is 2.76. The van der Waals surface area contributed by atoms with Crippen LogP contribution in [0, 0.1) is 11.8 Å². The fourth-order valence-corrected chi connectivity index (χ4v) is 12.4. The van der Waals surface area contributed by atoms with E-state index in [2.05, 4.69) is 0 Å². The van der Waals surface area contributed by atoms with Crippen LogP contribution >= 0.6 is 53.3 Å². The molecule has 1 saturated heterocycles. The monoisotopic (exact) mass is 272 g/mol. The van der Waals surface area contributed by atoms with E-state index in [0.717, 1.165) is 22.3 Å². The van der Waals surface area contributed by atoms with Gasteiger partial charge in [-0.25, -0.2) is 0 Å². The van der Waals surface area contributed by atoms with E-state index in [0.29, 0.717) is 3.78 Å². The van der Waals surface area contributed by atoms with Crippen LogP contribution in [0.25, 0.3) is 0 Å². The first kappa shape index (κ1) is 9.71. The van der Waals surface area contributed by atoms with Crippen LogP contribution < -0.4 is 0 Å². The van der Waals surface area contributed by atoms with Crippen molar-refractivity contribution in [3.05, 3.63) is 0 Å². The van der Waals surface area contributed by atoms with Crippen LogP contribution in [0.15, 0.2) is 0 Å². The third-order valence-electron chi connectivity index (χ3n) is 3.29. The lowest BCUT2D eigenvalue weighted by atomic mass is 10.00. The van der Waals surface area contributed by atoms with Gasteiger partial charge in [0.1, 0.15) is 3.78 Å². The Morgan fingerprint density at radius 2 is 1.62 bits per heavy atom. The standard InChI is InChI=1S/C8H10Cl2S3/c9-8(10)13-11-6-4-1-2-5(3-4)7(6)12-13/h4-7H,1-3H2. The van der Waals surface area contributed by atoms with E-state index in [-0.39, 0.29) is 8.55 Å². The van der Waals surface area contributed by atoms with Crippen LogP contribution in [0.4, 0.5) is 0 Å². The summed E-state index contributed by atoms with van der Waals surface area (Å²) in [5, 5.41) is 1.75. The van der Waals surface area contributed by atoms with Gasteiger partial charge in [0.05, 0.1) is 0 Å². The molecule has 0 aromatic heterocycles. The number of rotatable bonds is 0. The molecule has 13 heavy (non-hydrogen) atoms. The van der Waals surface area contributed by atoms with Crippen LogP contribution in [0.3, 0.4) is 0 Å². The van der Waals surface area contributed by atoms with E-state index in [1.807, 2.05) is 21.6 Å². The molecule has 2 saturated carbocycles. The van der Waals surface area contributed by atoms with Gasteiger partial charge in [0.15, 0.2) is 0 Å². The zero-order valence-corrected chi connectivity index (χ0v) is 10.9. The van der Waals surface area contributed by atoms with E-state index >= 15 is 0 Å². The van der Waals surface area contributed by atoms with Gasteiger partial charge in [0.25, 0.3) is 0 Å². The molecule has 0 spiro atoms. The number of hydrogen-bond donors (Lipinski definition) is 0. The molecule has 0 radical (unpaired) electrons. The molecule has 3 aliphatic rings. The summed E-state index contributed by atoms with van der Waals surface area (Å²) >= 11 is 11.7. The molecule has 4 unspecified atom stereocenters. The lowest BCUT2D eigenvalue weighted by molar-refractivity contribution is 0.508. The van der Waals surface area contributed by atoms with Gasteiger partial charge < -0.3 is 0 Å². The number of hydrogen-bond acceptors (Lipinski definition) is 2. The van der Waals surface area contributed by atoms with Gasteiger partial charge in [-0.15, -0.1) is 0 Å². The van der Waals surface area contributed by atoms with Gasteiger partial charge in [0, 0.05) is 10.5 Å². The van der Waals surface area contributed by atoms with Crippen molar-refractivity contribution in [1.82, 2.24) is 0 Å². The second kappa shape index (κ2) is 3.51. The van der Waals surface area contributed by atoms with Gasteiger partial charge in [-0.05, 0) is 39.6 Å². The third kappa shape index (κ3) is 1.50. The molecule has 3 rings (SSSR count). The summed E-state index contributed by atoms with van der Waals surface area (Å²) < 4.78 is 0.601. The molecule has 1 heterocycles. The van der Waals surface area contributed by atoms with Crippen LogP contribution in [-0.4, -0.2) is 14.3 Å². The lowest BCUT2D eigenvalue weighted by Gasteiger charge is -2.20. The second-order valence-electron chi connectivity index (χ2n) is 3.92. The Labute approximate surface area is 98.2 Å². The Balaban J connectivity index is 1.87. The normalized spacial score (nSPS) is 52.6. The average molecular weight is 273 g/mol. The first-order valence-corrected chi connectivity index (χ1v) is 9.29. The van der Waals surface area contributed by atoms with Crippen molar-refractivity contribution < 1.29 is 0 Å². The third-order valence-corrected chi connectivity index (χ3v) is 12.7. The molecular formula is C8H10Cl2S3. The maximum Gasteiger partial charge on any atom is 0.150 e. The Morgan fingerprint density at radius 3 is 2.08 bits per heavy atom. The summed E-state index contributed by atoms with van der Waals surface area (Å²) in [7, 11) is 4.18. The number of fused-ring (bicyclic) bond motifs is 5. The fraction of sp³-hybridized carbons (Fsp3) is 0.875. The molecule has 3 fully saturated rings. The van der Waals surface area contributed by atoms with E-state index in [1.165, 1.54) is 19.3 Å². The summed E-state index contributed by atoms with van der Waals surface area (Å²) in [6.45, 7) is 0. The highest BCUT2D eigenvalue weighted by Gasteiger charge is 2.52. The first-order chi connectivity index (χ1) is 6.25. The van der Waals surface area contributed by atoms with Gasteiger partial charge in [-0.3, -0.25) is 0 Å². The Hall–Kier alpha value is 1.50. The summed E-state index contributed by atoms with van der Waals surface area (Å²) in [4.78, 5) is 0. The molecule has 5 heteroatoms.